The minimum absolute atomic E-state index is 0.0371. The molecular weight excluding hydrogens is 402 g/mol. The Balaban J connectivity index is 1.93. The highest BCUT2D eigenvalue weighted by atomic mass is 32.2. The Hall–Kier alpha value is -2.52. The molecule has 0 atom stereocenters. The number of rotatable bonds is 5. The molecule has 0 radical (unpaired) electrons. The maximum Gasteiger partial charge on any atom is 0.259 e. The van der Waals surface area contributed by atoms with E-state index in [1.54, 1.807) is 0 Å². The number of ether oxygens (including phenoxy) is 1. The Labute approximate surface area is 168 Å². The normalized spacial score (nSPS) is 15.6. The highest BCUT2D eigenvalue weighted by molar-refractivity contribution is 7.89. The predicted octanol–water partition coefficient (Wildman–Crippen LogP) is 3.79. The van der Waals surface area contributed by atoms with Crippen LogP contribution in [-0.4, -0.2) is 38.8 Å². The van der Waals surface area contributed by atoms with E-state index in [9.17, 15) is 22.0 Å². The molecule has 3 rings (SSSR count). The lowest BCUT2D eigenvalue weighted by Crippen LogP contribution is -2.32. The summed E-state index contributed by atoms with van der Waals surface area (Å²) in [4.78, 5) is 12.6. The number of methoxy groups -OCH3 is 1. The highest BCUT2D eigenvalue weighted by Gasteiger charge is 2.27. The van der Waals surface area contributed by atoms with Gasteiger partial charge in [0.15, 0.2) is 0 Å². The molecule has 2 aromatic rings. The Kier molecular flexibility index (Phi) is 6.49. The molecule has 0 aromatic heterocycles. The molecule has 0 saturated carbocycles. The summed E-state index contributed by atoms with van der Waals surface area (Å²) < 4.78 is 59.6. The zero-order valence-corrected chi connectivity index (χ0v) is 16.8. The number of nitrogens with one attached hydrogen (secondary N) is 1. The summed E-state index contributed by atoms with van der Waals surface area (Å²) in [6, 6.07) is 6.74. The van der Waals surface area contributed by atoms with Crippen molar-refractivity contribution in [1.82, 2.24) is 4.31 Å². The first kappa shape index (κ1) is 21.2. The van der Waals surface area contributed by atoms with Gasteiger partial charge in [0.2, 0.25) is 10.0 Å². The highest BCUT2D eigenvalue weighted by Crippen LogP contribution is 2.27. The molecule has 0 spiro atoms. The van der Waals surface area contributed by atoms with Crippen molar-refractivity contribution in [2.24, 2.45) is 0 Å². The summed E-state index contributed by atoms with van der Waals surface area (Å²) in [7, 11) is -2.44. The number of halogens is 2. The van der Waals surface area contributed by atoms with E-state index in [1.807, 2.05) is 0 Å². The average Bonchev–Trinajstić information content (AvgIpc) is 2.99. The SMILES string of the molecule is COc1ccc(S(=O)(=O)N2CCCCCC2)cc1C(=O)Nc1ccc(F)cc1F. The number of sulfonamides is 1. The first-order chi connectivity index (χ1) is 13.8. The maximum atomic E-state index is 13.9. The van der Waals surface area contributed by atoms with Gasteiger partial charge in [-0.15, -0.1) is 0 Å². The molecule has 29 heavy (non-hydrogen) atoms. The second-order valence-electron chi connectivity index (χ2n) is 6.76. The smallest absolute Gasteiger partial charge is 0.259 e. The second-order valence-corrected chi connectivity index (χ2v) is 8.70. The number of carbonyl (C=O) groups is 1. The molecule has 1 aliphatic rings. The Morgan fingerprint density at radius 3 is 2.34 bits per heavy atom. The van der Waals surface area contributed by atoms with Gasteiger partial charge in [-0.25, -0.2) is 17.2 Å². The molecular formula is C20H22F2N2O4S. The molecule has 1 N–H and O–H groups in total. The molecule has 2 aromatic carbocycles. The topological polar surface area (TPSA) is 75.7 Å². The minimum Gasteiger partial charge on any atom is -0.496 e. The molecule has 1 saturated heterocycles. The van der Waals surface area contributed by atoms with Crippen LogP contribution in [0.15, 0.2) is 41.3 Å². The van der Waals surface area contributed by atoms with Gasteiger partial charge < -0.3 is 10.1 Å². The van der Waals surface area contributed by atoms with E-state index < -0.39 is 27.6 Å². The quantitative estimate of drug-likeness (QED) is 0.792. The van der Waals surface area contributed by atoms with Gasteiger partial charge in [-0.1, -0.05) is 12.8 Å². The predicted molar refractivity (Wildman–Crippen MR) is 105 cm³/mol. The Bertz CT molecular complexity index is 1000. The molecule has 0 unspecified atom stereocenters. The van der Waals surface area contributed by atoms with E-state index in [-0.39, 0.29) is 21.9 Å². The number of benzene rings is 2. The van der Waals surface area contributed by atoms with Crippen LogP contribution in [0.25, 0.3) is 0 Å². The van der Waals surface area contributed by atoms with Crippen LogP contribution in [0, 0.1) is 11.6 Å². The van der Waals surface area contributed by atoms with Crippen LogP contribution in [0.4, 0.5) is 14.5 Å². The van der Waals surface area contributed by atoms with Crippen molar-refractivity contribution in [2.75, 3.05) is 25.5 Å². The standard InChI is InChI=1S/C20H22F2N2O4S/c1-28-19-9-7-15(29(26,27)24-10-4-2-3-5-11-24)13-16(19)20(25)23-18-8-6-14(21)12-17(18)22/h6-9,12-13H,2-5,10-11H2,1H3,(H,23,25). The van der Waals surface area contributed by atoms with Crippen molar-refractivity contribution in [1.29, 1.82) is 0 Å². The van der Waals surface area contributed by atoms with E-state index in [2.05, 4.69) is 5.32 Å². The fourth-order valence-corrected chi connectivity index (χ4v) is 4.78. The van der Waals surface area contributed by atoms with E-state index in [0.29, 0.717) is 19.2 Å². The van der Waals surface area contributed by atoms with Crippen LogP contribution in [0.2, 0.25) is 0 Å². The summed E-state index contributed by atoms with van der Waals surface area (Å²) in [6.07, 6.45) is 3.52. The number of carbonyl (C=O) groups excluding carboxylic acids is 1. The fraction of sp³-hybridized carbons (Fsp3) is 0.350. The van der Waals surface area contributed by atoms with E-state index in [4.69, 9.17) is 4.74 Å². The van der Waals surface area contributed by atoms with Crippen LogP contribution in [-0.2, 0) is 10.0 Å². The lowest BCUT2D eigenvalue weighted by atomic mass is 10.1. The lowest BCUT2D eigenvalue weighted by Gasteiger charge is -2.20. The van der Waals surface area contributed by atoms with Crippen molar-refractivity contribution in [2.45, 2.75) is 30.6 Å². The minimum atomic E-state index is -3.78. The number of hydrogen-bond acceptors (Lipinski definition) is 4. The summed E-state index contributed by atoms with van der Waals surface area (Å²) in [5, 5.41) is 2.33. The molecule has 0 bridgehead atoms. The third kappa shape index (κ3) is 4.73. The van der Waals surface area contributed by atoms with Gasteiger partial charge in [0.25, 0.3) is 5.91 Å². The van der Waals surface area contributed by atoms with Crippen molar-refractivity contribution in [3.05, 3.63) is 53.6 Å². The van der Waals surface area contributed by atoms with Crippen LogP contribution < -0.4 is 10.1 Å². The number of hydrogen-bond donors (Lipinski definition) is 1. The van der Waals surface area contributed by atoms with Crippen molar-refractivity contribution < 1.29 is 26.7 Å². The largest absolute Gasteiger partial charge is 0.496 e. The van der Waals surface area contributed by atoms with Gasteiger partial charge in [-0.2, -0.15) is 4.31 Å². The van der Waals surface area contributed by atoms with E-state index in [0.717, 1.165) is 37.8 Å². The zero-order chi connectivity index (χ0) is 21.0. The molecule has 6 nitrogen and oxygen atoms in total. The monoisotopic (exact) mass is 424 g/mol. The number of anilines is 1. The van der Waals surface area contributed by atoms with Crippen molar-refractivity contribution in [3.8, 4) is 5.75 Å². The molecule has 1 amide bonds. The van der Waals surface area contributed by atoms with Gasteiger partial charge in [0, 0.05) is 19.2 Å². The molecule has 9 heteroatoms. The van der Waals surface area contributed by atoms with Crippen LogP contribution in [0.3, 0.4) is 0 Å². The Morgan fingerprint density at radius 2 is 1.72 bits per heavy atom. The lowest BCUT2D eigenvalue weighted by molar-refractivity contribution is 0.102. The first-order valence-corrected chi connectivity index (χ1v) is 10.7. The van der Waals surface area contributed by atoms with Gasteiger partial charge in [-0.05, 0) is 43.2 Å². The third-order valence-electron chi connectivity index (χ3n) is 4.80. The summed E-state index contributed by atoms with van der Waals surface area (Å²) in [6.45, 7) is 0.855. The molecule has 1 heterocycles. The zero-order valence-electron chi connectivity index (χ0n) is 16.0. The van der Waals surface area contributed by atoms with E-state index in [1.165, 1.54) is 29.6 Å². The van der Waals surface area contributed by atoms with Gasteiger partial charge >= 0.3 is 0 Å². The molecule has 1 fully saturated rings. The van der Waals surface area contributed by atoms with Crippen molar-refractivity contribution in [3.63, 3.8) is 0 Å². The molecule has 1 aliphatic heterocycles. The third-order valence-corrected chi connectivity index (χ3v) is 6.69. The van der Waals surface area contributed by atoms with Gasteiger partial charge in [0.05, 0.1) is 23.3 Å². The van der Waals surface area contributed by atoms with Gasteiger partial charge in [-0.3, -0.25) is 4.79 Å². The fourth-order valence-electron chi connectivity index (χ4n) is 3.24. The van der Waals surface area contributed by atoms with Crippen LogP contribution in [0.5, 0.6) is 5.75 Å². The molecule has 0 aliphatic carbocycles. The van der Waals surface area contributed by atoms with Crippen LogP contribution in [0.1, 0.15) is 36.0 Å². The van der Waals surface area contributed by atoms with E-state index >= 15 is 0 Å². The Morgan fingerprint density at radius 1 is 1.03 bits per heavy atom. The number of nitrogens with zero attached hydrogens (tertiary/aromatic N) is 1. The van der Waals surface area contributed by atoms with Crippen LogP contribution >= 0.6 is 0 Å². The summed E-state index contributed by atoms with van der Waals surface area (Å²) in [5.74, 6) is -2.34. The van der Waals surface area contributed by atoms with Crippen molar-refractivity contribution >= 4 is 21.6 Å². The molecule has 156 valence electrons. The summed E-state index contributed by atoms with van der Waals surface area (Å²) in [5.41, 5.74) is -0.286. The number of amides is 1. The maximum absolute atomic E-state index is 13.9. The average molecular weight is 424 g/mol. The summed E-state index contributed by atoms with van der Waals surface area (Å²) >= 11 is 0. The second kappa shape index (κ2) is 8.87. The first-order valence-electron chi connectivity index (χ1n) is 9.27. The van der Waals surface area contributed by atoms with Gasteiger partial charge in [0.1, 0.15) is 17.4 Å².